The molecule has 0 unspecified atom stereocenters. The van der Waals surface area contributed by atoms with E-state index in [1.165, 1.54) is 0 Å². The molecule has 0 fully saturated rings. The van der Waals surface area contributed by atoms with Gasteiger partial charge in [-0.25, -0.2) is 5.48 Å². The molecule has 3 heteroatoms. The summed E-state index contributed by atoms with van der Waals surface area (Å²) >= 11 is 0. The molecule has 2 N–H and O–H groups in total. The Bertz CT molecular complexity index is 57.0. The van der Waals surface area contributed by atoms with Crippen molar-refractivity contribution in [3.05, 3.63) is 0 Å². The van der Waals surface area contributed by atoms with Crippen molar-refractivity contribution in [2.24, 2.45) is 5.92 Å². The van der Waals surface area contributed by atoms with Crippen LogP contribution in [0, 0.1) is 5.92 Å². The summed E-state index contributed by atoms with van der Waals surface area (Å²) in [6.45, 7) is 5.46. The predicted molar refractivity (Wildman–Crippen MR) is 35.9 cm³/mol. The van der Waals surface area contributed by atoms with Gasteiger partial charge < -0.3 is 9.94 Å². The van der Waals surface area contributed by atoms with Crippen molar-refractivity contribution in [3.63, 3.8) is 0 Å². The molecule has 0 aliphatic heterocycles. The lowest BCUT2D eigenvalue weighted by Gasteiger charge is -2.05. The van der Waals surface area contributed by atoms with Crippen LogP contribution < -0.4 is 5.48 Å². The average molecular weight is 133 g/mol. The fraction of sp³-hybridized carbons (Fsp3) is 1.00. The van der Waals surface area contributed by atoms with E-state index in [2.05, 4.69) is 19.3 Å². The van der Waals surface area contributed by atoms with Crippen molar-refractivity contribution in [2.75, 3.05) is 19.8 Å². The first kappa shape index (κ1) is 8.88. The average Bonchev–Trinajstić information content (AvgIpc) is 1.80. The highest BCUT2D eigenvalue weighted by molar-refractivity contribution is 4.37. The number of hydrogen-bond acceptors (Lipinski definition) is 3. The maximum atomic E-state index is 8.29. The first-order valence-corrected chi connectivity index (χ1v) is 3.23. The highest BCUT2D eigenvalue weighted by Crippen LogP contribution is 1.88. The van der Waals surface area contributed by atoms with Gasteiger partial charge in [-0.05, 0) is 5.92 Å². The van der Waals surface area contributed by atoms with E-state index >= 15 is 0 Å². The fourth-order valence-electron chi connectivity index (χ4n) is 0.343. The van der Waals surface area contributed by atoms with Crippen LogP contribution in [0.4, 0.5) is 0 Å². The van der Waals surface area contributed by atoms with Gasteiger partial charge in [0.05, 0.1) is 13.2 Å². The molecule has 0 saturated heterocycles. The van der Waals surface area contributed by atoms with Crippen LogP contribution in [0.25, 0.3) is 0 Å². The van der Waals surface area contributed by atoms with Crippen molar-refractivity contribution >= 4 is 0 Å². The quantitative estimate of drug-likeness (QED) is 0.414. The number of hydroxylamine groups is 1. The molecule has 0 rings (SSSR count). The Morgan fingerprint density at radius 2 is 2.22 bits per heavy atom. The standard InChI is InChI=1S/C6H15NO2/c1-6(2)5-9-7-3-4-8/h6-8H,3-5H2,1-2H3. The zero-order chi connectivity index (χ0) is 7.11. The second-order valence-electron chi connectivity index (χ2n) is 2.32. The van der Waals surface area contributed by atoms with Gasteiger partial charge in [-0.1, -0.05) is 13.8 Å². The van der Waals surface area contributed by atoms with Gasteiger partial charge in [-0.3, -0.25) is 0 Å². The molecule has 0 aliphatic rings. The largest absolute Gasteiger partial charge is 0.395 e. The van der Waals surface area contributed by atoms with E-state index in [0.717, 1.165) is 0 Å². The molecule has 9 heavy (non-hydrogen) atoms. The minimum absolute atomic E-state index is 0.123. The molecule has 56 valence electrons. The summed E-state index contributed by atoms with van der Waals surface area (Å²) in [5.74, 6) is 0.538. The van der Waals surface area contributed by atoms with Crippen LogP contribution in [-0.2, 0) is 4.84 Å². The lowest BCUT2D eigenvalue weighted by molar-refractivity contribution is 0.0163. The van der Waals surface area contributed by atoms with Crippen molar-refractivity contribution in [2.45, 2.75) is 13.8 Å². The van der Waals surface area contributed by atoms with Crippen molar-refractivity contribution in [1.82, 2.24) is 5.48 Å². The Balaban J connectivity index is 2.75. The second-order valence-corrected chi connectivity index (χ2v) is 2.32. The molecule has 0 atom stereocenters. The van der Waals surface area contributed by atoms with Crippen LogP contribution in [-0.4, -0.2) is 24.9 Å². The molecule has 0 heterocycles. The van der Waals surface area contributed by atoms with Crippen LogP contribution >= 0.6 is 0 Å². The van der Waals surface area contributed by atoms with Gasteiger partial charge in [0.15, 0.2) is 0 Å². The van der Waals surface area contributed by atoms with E-state index in [0.29, 0.717) is 19.1 Å². The van der Waals surface area contributed by atoms with Gasteiger partial charge in [0.1, 0.15) is 0 Å². The smallest absolute Gasteiger partial charge is 0.0705 e. The molecule has 0 aliphatic carbocycles. The molecule has 0 spiro atoms. The Morgan fingerprint density at radius 1 is 1.56 bits per heavy atom. The number of aliphatic hydroxyl groups is 1. The normalized spacial score (nSPS) is 10.7. The molecule has 0 saturated carbocycles. The number of aliphatic hydroxyl groups excluding tert-OH is 1. The molecule has 0 aromatic heterocycles. The fourth-order valence-corrected chi connectivity index (χ4v) is 0.343. The van der Waals surface area contributed by atoms with Crippen LogP contribution in [0.3, 0.4) is 0 Å². The van der Waals surface area contributed by atoms with Crippen LogP contribution in [0.15, 0.2) is 0 Å². The maximum absolute atomic E-state index is 8.29. The highest BCUT2D eigenvalue weighted by Gasteiger charge is 1.90. The zero-order valence-electron chi connectivity index (χ0n) is 6.05. The van der Waals surface area contributed by atoms with Gasteiger partial charge in [-0.2, -0.15) is 0 Å². The summed E-state index contributed by atoms with van der Waals surface area (Å²) in [6, 6.07) is 0. The SMILES string of the molecule is CC(C)CONCCO. The molecular weight excluding hydrogens is 118 g/mol. The summed E-state index contributed by atoms with van der Waals surface area (Å²) in [7, 11) is 0. The summed E-state index contributed by atoms with van der Waals surface area (Å²) in [6.07, 6.45) is 0. The minimum Gasteiger partial charge on any atom is -0.395 e. The van der Waals surface area contributed by atoms with E-state index in [1.807, 2.05) is 0 Å². The number of rotatable bonds is 5. The van der Waals surface area contributed by atoms with Gasteiger partial charge in [0, 0.05) is 6.54 Å². The monoisotopic (exact) mass is 133 g/mol. The first-order chi connectivity index (χ1) is 4.27. The Labute approximate surface area is 56.0 Å². The van der Waals surface area contributed by atoms with Crippen LogP contribution in [0.2, 0.25) is 0 Å². The molecule has 3 nitrogen and oxygen atoms in total. The Morgan fingerprint density at radius 3 is 2.67 bits per heavy atom. The van der Waals surface area contributed by atoms with Crippen molar-refractivity contribution in [3.8, 4) is 0 Å². The van der Waals surface area contributed by atoms with Gasteiger partial charge in [0.25, 0.3) is 0 Å². The summed E-state index contributed by atoms with van der Waals surface area (Å²) in [5, 5.41) is 8.29. The Hall–Kier alpha value is -0.120. The maximum Gasteiger partial charge on any atom is 0.0705 e. The zero-order valence-corrected chi connectivity index (χ0v) is 6.05. The lowest BCUT2D eigenvalue weighted by Crippen LogP contribution is -2.20. The third-order valence-corrected chi connectivity index (χ3v) is 0.733. The van der Waals surface area contributed by atoms with Gasteiger partial charge in [-0.15, -0.1) is 0 Å². The molecule has 0 aromatic rings. The second kappa shape index (κ2) is 6.01. The predicted octanol–water partition coefficient (Wildman–Crippen LogP) is 0.156. The number of nitrogens with one attached hydrogen (secondary N) is 1. The lowest BCUT2D eigenvalue weighted by atomic mass is 10.2. The summed E-state index contributed by atoms with van der Waals surface area (Å²) in [5.41, 5.74) is 2.62. The molecule has 0 radical (unpaired) electrons. The summed E-state index contributed by atoms with van der Waals surface area (Å²) < 4.78 is 0. The van der Waals surface area contributed by atoms with E-state index in [1.54, 1.807) is 0 Å². The number of hydrogen-bond donors (Lipinski definition) is 2. The van der Waals surface area contributed by atoms with Crippen molar-refractivity contribution in [1.29, 1.82) is 0 Å². The van der Waals surface area contributed by atoms with E-state index in [-0.39, 0.29) is 6.61 Å². The van der Waals surface area contributed by atoms with Crippen LogP contribution in [0.5, 0.6) is 0 Å². The van der Waals surface area contributed by atoms with E-state index in [9.17, 15) is 0 Å². The van der Waals surface area contributed by atoms with E-state index < -0.39 is 0 Å². The third-order valence-electron chi connectivity index (χ3n) is 0.733. The topological polar surface area (TPSA) is 41.5 Å². The van der Waals surface area contributed by atoms with Gasteiger partial charge in [0.2, 0.25) is 0 Å². The van der Waals surface area contributed by atoms with E-state index in [4.69, 9.17) is 9.94 Å². The highest BCUT2D eigenvalue weighted by atomic mass is 16.6. The van der Waals surface area contributed by atoms with Crippen molar-refractivity contribution < 1.29 is 9.94 Å². The minimum atomic E-state index is 0.123. The molecule has 0 aromatic carbocycles. The Kier molecular flexibility index (Phi) is 5.93. The molecule has 0 bridgehead atoms. The summed E-state index contributed by atoms with van der Waals surface area (Å²) in [4.78, 5) is 4.93. The van der Waals surface area contributed by atoms with Crippen LogP contribution in [0.1, 0.15) is 13.8 Å². The van der Waals surface area contributed by atoms with Gasteiger partial charge >= 0.3 is 0 Å². The first-order valence-electron chi connectivity index (χ1n) is 3.23. The third kappa shape index (κ3) is 7.88. The molecular formula is C6H15NO2. The molecule has 0 amide bonds.